The highest BCUT2D eigenvalue weighted by atomic mass is 32.1. The van der Waals surface area contributed by atoms with E-state index in [-0.39, 0.29) is 5.91 Å². The smallest absolute Gasteiger partial charge is 0.252 e. The zero-order valence-corrected chi connectivity index (χ0v) is 16.3. The molecule has 0 saturated heterocycles. The lowest BCUT2D eigenvalue weighted by atomic mass is 9.97. The molecule has 2 aromatic carbocycles. The predicted molar refractivity (Wildman–Crippen MR) is 105 cm³/mol. The molecule has 0 bridgehead atoms. The summed E-state index contributed by atoms with van der Waals surface area (Å²) in [6.45, 7) is 8.36. The number of fused-ring (bicyclic) bond motifs is 1. The van der Waals surface area contributed by atoms with Gasteiger partial charge in [0.2, 0.25) is 0 Å². The average Bonchev–Trinajstić information content (AvgIpc) is 2.87. The van der Waals surface area contributed by atoms with Crippen molar-refractivity contribution in [2.24, 2.45) is 12.0 Å². The maximum absolute atomic E-state index is 12.6. The molecule has 1 heterocycles. The van der Waals surface area contributed by atoms with Gasteiger partial charge < -0.3 is 4.57 Å². The van der Waals surface area contributed by atoms with Gasteiger partial charge in [0, 0.05) is 7.05 Å². The Balaban J connectivity index is 2.00. The fraction of sp³-hybridized carbons (Fsp3) is 0.333. The third-order valence-corrected chi connectivity index (χ3v) is 5.77. The third kappa shape index (κ3) is 3.45. The van der Waals surface area contributed by atoms with E-state index in [0.717, 1.165) is 27.9 Å². The molecule has 0 saturated carbocycles. The van der Waals surface area contributed by atoms with E-state index in [4.69, 9.17) is 0 Å². The zero-order valence-electron chi connectivity index (χ0n) is 15.5. The second-order valence-electron chi connectivity index (χ2n) is 6.62. The highest BCUT2D eigenvalue weighted by Crippen LogP contribution is 2.21. The Kier molecular flexibility index (Phi) is 4.91. The molecule has 0 aliphatic rings. The average molecular weight is 353 g/mol. The first-order valence-corrected chi connectivity index (χ1v) is 9.44. The van der Waals surface area contributed by atoms with Gasteiger partial charge in [0.1, 0.15) is 0 Å². The molecule has 0 unspecified atom stereocenters. The number of hydrogen-bond acceptors (Lipinski definition) is 2. The zero-order chi connectivity index (χ0) is 18.1. The lowest BCUT2D eigenvalue weighted by Crippen LogP contribution is -2.15. The minimum absolute atomic E-state index is 0.0877. The van der Waals surface area contributed by atoms with Gasteiger partial charge in [-0.15, -0.1) is 0 Å². The van der Waals surface area contributed by atoms with Crippen LogP contribution < -0.4 is 4.80 Å². The Bertz CT molecular complexity index is 1000. The van der Waals surface area contributed by atoms with Crippen molar-refractivity contribution < 1.29 is 4.79 Å². The highest BCUT2D eigenvalue weighted by Gasteiger charge is 2.11. The standard InChI is InChI=1S/C21H24N2OS/c1-6-16-8-7-9-18-20(16)23(5)21(25-18)22-19(24)12-17-14(3)10-13(2)11-15(17)4/h7-11H,6,12H2,1-5H3. The number of aromatic nitrogens is 1. The Hall–Kier alpha value is -2.20. The maximum atomic E-state index is 12.6. The van der Waals surface area contributed by atoms with Crippen LogP contribution in [-0.4, -0.2) is 10.5 Å². The fourth-order valence-corrected chi connectivity index (χ4v) is 4.55. The topological polar surface area (TPSA) is 34.4 Å². The first-order valence-electron chi connectivity index (χ1n) is 8.62. The van der Waals surface area contributed by atoms with E-state index in [0.29, 0.717) is 6.42 Å². The van der Waals surface area contributed by atoms with Gasteiger partial charge in [-0.1, -0.05) is 48.1 Å². The van der Waals surface area contributed by atoms with Crippen LogP contribution in [0.1, 0.15) is 34.7 Å². The molecule has 3 nitrogen and oxygen atoms in total. The summed E-state index contributed by atoms with van der Waals surface area (Å²) < 4.78 is 3.22. The van der Waals surface area contributed by atoms with Crippen LogP contribution in [0.3, 0.4) is 0 Å². The van der Waals surface area contributed by atoms with Gasteiger partial charge in [0.15, 0.2) is 4.80 Å². The molecule has 0 N–H and O–H groups in total. The van der Waals surface area contributed by atoms with Gasteiger partial charge in [-0.25, -0.2) is 0 Å². The Morgan fingerprint density at radius 2 is 1.84 bits per heavy atom. The molecule has 0 aliphatic heterocycles. The van der Waals surface area contributed by atoms with Gasteiger partial charge in [-0.3, -0.25) is 4.79 Å². The third-order valence-electron chi connectivity index (χ3n) is 4.68. The van der Waals surface area contributed by atoms with Gasteiger partial charge in [0.25, 0.3) is 5.91 Å². The molecule has 1 amide bonds. The number of nitrogens with zero attached hydrogens (tertiary/aromatic N) is 2. The molecule has 0 aliphatic carbocycles. The van der Waals surface area contributed by atoms with Gasteiger partial charge in [-0.05, 0) is 55.5 Å². The number of hydrogen-bond donors (Lipinski definition) is 0. The van der Waals surface area contributed by atoms with Crippen molar-refractivity contribution in [3.8, 4) is 0 Å². The highest BCUT2D eigenvalue weighted by molar-refractivity contribution is 7.16. The lowest BCUT2D eigenvalue weighted by Gasteiger charge is -2.09. The number of carbonyl (C=O) groups is 1. The lowest BCUT2D eigenvalue weighted by molar-refractivity contribution is -0.117. The van der Waals surface area contributed by atoms with Crippen LogP contribution in [0.5, 0.6) is 0 Å². The summed E-state index contributed by atoms with van der Waals surface area (Å²) in [6, 6.07) is 10.6. The van der Waals surface area contributed by atoms with E-state index in [1.807, 2.05) is 11.6 Å². The van der Waals surface area contributed by atoms with Gasteiger partial charge in [0.05, 0.1) is 16.6 Å². The number of rotatable bonds is 3. The molecule has 3 rings (SSSR count). The largest absolute Gasteiger partial charge is 0.319 e. The second-order valence-corrected chi connectivity index (χ2v) is 7.63. The summed E-state index contributed by atoms with van der Waals surface area (Å²) in [5, 5.41) is 0. The monoisotopic (exact) mass is 352 g/mol. The van der Waals surface area contributed by atoms with E-state index >= 15 is 0 Å². The van der Waals surface area contributed by atoms with Crippen LogP contribution in [0.15, 0.2) is 35.3 Å². The van der Waals surface area contributed by atoms with Gasteiger partial charge in [-0.2, -0.15) is 4.99 Å². The second kappa shape index (κ2) is 6.96. The van der Waals surface area contributed by atoms with Crippen LogP contribution in [0, 0.1) is 20.8 Å². The van der Waals surface area contributed by atoms with Crippen molar-refractivity contribution in [1.82, 2.24) is 4.57 Å². The minimum Gasteiger partial charge on any atom is -0.319 e. The minimum atomic E-state index is -0.0877. The maximum Gasteiger partial charge on any atom is 0.252 e. The van der Waals surface area contributed by atoms with Crippen LogP contribution in [0.25, 0.3) is 10.2 Å². The first kappa shape index (κ1) is 17.6. The molecule has 130 valence electrons. The quantitative estimate of drug-likeness (QED) is 0.688. The van der Waals surface area contributed by atoms with Crippen molar-refractivity contribution in [2.45, 2.75) is 40.5 Å². The number of para-hydroxylation sites is 1. The molecule has 0 radical (unpaired) electrons. The van der Waals surface area contributed by atoms with Crippen molar-refractivity contribution in [2.75, 3.05) is 0 Å². The SMILES string of the molecule is CCc1cccc2sc(=NC(=O)Cc3c(C)cc(C)cc3C)n(C)c12. The summed E-state index contributed by atoms with van der Waals surface area (Å²) in [5.41, 5.74) is 7.12. The van der Waals surface area contributed by atoms with Crippen LogP contribution in [-0.2, 0) is 24.7 Å². The van der Waals surface area contributed by atoms with Crippen molar-refractivity contribution >= 4 is 27.5 Å². The first-order chi connectivity index (χ1) is 11.9. The number of aryl methyl sites for hydroxylation is 5. The molecule has 0 spiro atoms. The normalized spacial score (nSPS) is 12.1. The van der Waals surface area contributed by atoms with E-state index in [1.165, 1.54) is 21.3 Å². The molecule has 25 heavy (non-hydrogen) atoms. The fourth-order valence-electron chi connectivity index (χ4n) is 3.46. The van der Waals surface area contributed by atoms with E-state index in [2.05, 4.69) is 63.0 Å². The molecule has 0 atom stereocenters. The number of carbonyl (C=O) groups excluding carboxylic acids is 1. The summed E-state index contributed by atoms with van der Waals surface area (Å²) in [4.78, 5) is 17.8. The summed E-state index contributed by atoms with van der Waals surface area (Å²) in [5.74, 6) is -0.0877. The summed E-state index contributed by atoms with van der Waals surface area (Å²) in [6.07, 6.45) is 1.32. The molecular weight excluding hydrogens is 328 g/mol. The van der Waals surface area contributed by atoms with E-state index in [9.17, 15) is 4.79 Å². The molecular formula is C21H24N2OS. The summed E-state index contributed by atoms with van der Waals surface area (Å²) in [7, 11) is 1.99. The van der Waals surface area contributed by atoms with Crippen molar-refractivity contribution in [1.29, 1.82) is 0 Å². The Morgan fingerprint density at radius 1 is 1.16 bits per heavy atom. The van der Waals surface area contributed by atoms with E-state index in [1.54, 1.807) is 11.3 Å². The van der Waals surface area contributed by atoms with Crippen molar-refractivity contribution in [3.05, 3.63) is 63.0 Å². The van der Waals surface area contributed by atoms with E-state index < -0.39 is 0 Å². The Morgan fingerprint density at radius 3 is 2.48 bits per heavy atom. The van der Waals surface area contributed by atoms with Crippen molar-refractivity contribution in [3.63, 3.8) is 0 Å². The predicted octanol–water partition coefficient (Wildman–Crippen LogP) is 4.40. The summed E-state index contributed by atoms with van der Waals surface area (Å²) >= 11 is 1.58. The molecule has 4 heteroatoms. The Labute approximate surface area is 152 Å². The van der Waals surface area contributed by atoms with Crippen LogP contribution in [0.2, 0.25) is 0 Å². The number of amides is 1. The molecule has 0 fully saturated rings. The van der Waals surface area contributed by atoms with Crippen LogP contribution >= 0.6 is 11.3 Å². The molecule has 3 aromatic rings. The number of thiazole rings is 1. The van der Waals surface area contributed by atoms with Gasteiger partial charge >= 0.3 is 0 Å². The number of benzene rings is 2. The van der Waals surface area contributed by atoms with Crippen LogP contribution in [0.4, 0.5) is 0 Å². The molecule has 1 aromatic heterocycles.